The summed E-state index contributed by atoms with van der Waals surface area (Å²) in [6.45, 7) is 8.88. The second-order valence-electron chi connectivity index (χ2n) is 6.53. The van der Waals surface area contributed by atoms with Crippen LogP contribution in [0.5, 0.6) is 11.5 Å². The van der Waals surface area contributed by atoms with E-state index in [1.807, 2.05) is 39.0 Å². The molecule has 0 fully saturated rings. The number of benzene rings is 1. The third-order valence-corrected chi connectivity index (χ3v) is 4.40. The van der Waals surface area contributed by atoms with Gasteiger partial charge in [0.2, 0.25) is 11.8 Å². The molecule has 0 aromatic heterocycles. The van der Waals surface area contributed by atoms with Gasteiger partial charge in [-0.3, -0.25) is 9.59 Å². The fraction of sp³-hybridized carbons (Fsp3) is 0.556. The molecule has 0 saturated heterocycles. The third-order valence-electron chi connectivity index (χ3n) is 4.40. The Morgan fingerprint density at radius 2 is 1.88 bits per heavy atom. The number of likely N-dealkylation sites (N-methyl/N-ethyl adjacent to an activating group) is 1. The molecule has 2 rings (SSSR count). The van der Waals surface area contributed by atoms with Gasteiger partial charge in [-0.2, -0.15) is 0 Å². The molecule has 0 spiro atoms. The molecule has 0 aliphatic carbocycles. The molecule has 132 valence electrons. The summed E-state index contributed by atoms with van der Waals surface area (Å²) in [4.78, 5) is 26.4. The van der Waals surface area contributed by atoms with Crippen molar-refractivity contribution < 1.29 is 19.1 Å². The molecule has 1 atom stereocenters. The van der Waals surface area contributed by atoms with Crippen LogP contribution in [-0.4, -0.2) is 49.6 Å². The Bertz CT molecular complexity index is 627. The van der Waals surface area contributed by atoms with Gasteiger partial charge < -0.3 is 19.7 Å². The number of fused-ring (bicyclic) bond motifs is 1. The van der Waals surface area contributed by atoms with Gasteiger partial charge in [-0.15, -0.1) is 0 Å². The van der Waals surface area contributed by atoms with Crippen LogP contribution >= 0.6 is 0 Å². The van der Waals surface area contributed by atoms with Crippen molar-refractivity contribution in [2.75, 3.05) is 26.8 Å². The van der Waals surface area contributed by atoms with Crippen LogP contribution in [0.3, 0.4) is 0 Å². The normalized spacial score (nSPS) is 14.7. The molecule has 0 saturated carbocycles. The maximum Gasteiger partial charge on any atom is 0.244 e. The fourth-order valence-electron chi connectivity index (χ4n) is 2.49. The van der Waals surface area contributed by atoms with E-state index in [1.165, 1.54) is 0 Å². The van der Waals surface area contributed by atoms with Crippen molar-refractivity contribution >= 4 is 11.8 Å². The smallest absolute Gasteiger partial charge is 0.244 e. The number of rotatable bonds is 5. The topological polar surface area (TPSA) is 67.9 Å². The van der Waals surface area contributed by atoms with Gasteiger partial charge in [0.05, 0.1) is 5.41 Å². The minimum absolute atomic E-state index is 0.108. The molecule has 0 unspecified atom stereocenters. The van der Waals surface area contributed by atoms with E-state index in [0.717, 1.165) is 5.56 Å². The van der Waals surface area contributed by atoms with Crippen LogP contribution in [0.25, 0.3) is 0 Å². The van der Waals surface area contributed by atoms with E-state index in [0.29, 0.717) is 31.3 Å². The minimum atomic E-state index is -0.796. The average molecular weight is 334 g/mol. The molecule has 24 heavy (non-hydrogen) atoms. The number of hydrogen-bond acceptors (Lipinski definition) is 4. The Labute approximate surface area is 143 Å². The van der Waals surface area contributed by atoms with Crippen molar-refractivity contribution in [2.45, 2.75) is 39.2 Å². The number of nitrogens with zero attached hydrogens (tertiary/aromatic N) is 1. The Balaban J connectivity index is 2.14. The minimum Gasteiger partial charge on any atom is -0.486 e. The van der Waals surface area contributed by atoms with E-state index in [9.17, 15) is 9.59 Å². The van der Waals surface area contributed by atoms with Crippen molar-refractivity contribution in [2.24, 2.45) is 0 Å². The van der Waals surface area contributed by atoms with Crippen molar-refractivity contribution in [1.82, 2.24) is 10.2 Å². The van der Waals surface area contributed by atoms with Gasteiger partial charge in [0, 0.05) is 13.6 Å². The molecule has 1 aromatic carbocycles. The average Bonchev–Trinajstić information content (AvgIpc) is 2.59. The van der Waals surface area contributed by atoms with E-state index in [-0.39, 0.29) is 11.8 Å². The van der Waals surface area contributed by atoms with Gasteiger partial charge in [0.1, 0.15) is 19.3 Å². The van der Waals surface area contributed by atoms with Crippen molar-refractivity contribution in [1.29, 1.82) is 0 Å². The highest BCUT2D eigenvalue weighted by atomic mass is 16.6. The SMILES string of the molecule is CCN(C)C(=O)[C@@H](C)NC(=O)C(C)(C)c1ccc2c(c1)OCCO2. The summed E-state index contributed by atoms with van der Waals surface area (Å²) in [5, 5.41) is 2.81. The summed E-state index contributed by atoms with van der Waals surface area (Å²) in [7, 11) is 1.72. The molecule has 1 aliphatic heterocycles. The van der Waals surface area contributed by atoms with Crippen LogP contribution in [0, 0.1) is 0 Å². The second kappa shape index (κ2) is 7.11. The second-order valence-corrected chi connectivity index (χ2v) is 6.53. The largest absolute Gasteiger partial charge is 0.486 e. The van der Waals surface area contributed by atoms with E-state index >= 15 is 0 Å². The molecule has 6 nitrogen and oxygen atoms in total. The first kappa shape index (κ1) is 18.1. The van der Waals surface area contributed by atoms with E-state index in [2.05, 4.69) is 5.32 Å². The molecular weight excluding hydrogens is 308 g/mol. The highest BCUT2D eigenvalue weighted by molar-refractivity contribution is 5.92. The quantitative estimate of drug-likeness (QED) is 0.890. The molecular formula is C18H26N2O4. The maximum atomic E-state index is 12.7. The Hall–Kier alpha value is -2.24. The van der Waals surface area contributed by atoms with Gasteiger partial charge >= 0.3 is 0 Å². The first-order chi connectivity index (χ1) is 11.3. The number of carbonyl (C=O) groups is 2. The zero-order valence-corrected chi connectivity index (χ0v) is 15.0. The highest BCUT2D eigenvalue weighted by Crippen LogP contribution is 2.35. The lowest BCUT2D eigenvalue weighted by Gasteiger charge is -2.29. The van der Waals surface area contributed by atoms with Gasteiger partial charge in [-0.05, 0) is 45.4 Å². The zero-order chi connectivity index (χ0) is 17.9. The first-order valence-electron chi connectivity index (χ1n) is 8.23. The molecule has 1 N–H and O–H groups in total. The van der Waals surface area contributed by atoms with E-state index < -0.39 is 11.5 Å². The first-order valence-corrected chi connectivity index (χ1v) is 8.23. The number of hydrogen-bond donors (Lipinski definition) is 1. The molecule has 2 amide bonds. The molecule has 0 bridgehead atoms. The monoisotopic (exact) mass is 334 g/mol. The Morgan fingerprint density at radius 1 is 1.25 bits per heavy atom. The summed E-state index contributed by atoms with van der Waals surface area (Å²) in [6.07, 6.45) is 0. The van der Waals surface area contributed by atoms with Crippen LogP contribution in [0.1, 0.15) is 33.3 Å². The number of nitrogens with one attached hydrogen (secondary N) is 1. The van der Waals surface area contributed by atoms with Crippen LogP contribution < -0.4 is 14.8 Å². The predicted octanol–water partition coefficient (Wildman–Crippen LogP) is 1.72. The number of carbonyl (C=O) groups excluding carboxylic acids is 2. The third kappa shape index (κ3) is 3.63. The standard InChI is InChI=1S/C18H26N2O4/c1-6-20(5)16(21)12(2)19-17(22)18(3,4)13-7-8-14-15(11-13)24-10-9-23-14/h7-8,11-12H,6,9-10H2,1-5H3,(H,19,22)/t12-/m1/s1. The van der Waals surface area contributed by atoms with Crippen molar-refractivity contribution in [3.8, 4) is 11.5 Å². The van der Waals surface area contributed by atoms with Crippen molar-refractivity contribution in [3.05, 3.63) is 23.8 Å². The van der Waals surface area contributed by atoms with Gasteiger partial charge in [0.25, 0.3) is 0 Å². The molecule has 1 aliphatic rings. The van der Waals surface area contributed by atoms with Crippen LogP contribution in [0.15, 0.2) is 18.2 Å². The maximum absolute atomic E-state index is 12.7. The number of amides is 2. The van der Waals surface area contributed by atoms with Crippen LogP contribution in [0.2, 0.25) is 0 Å². The predicted molar refractivity (Wildman–Crippen MR) is 91.4 cm³/mol. The molecule has 6 heteroatoms. The van der Waals surface area contributed by atoms with Gasteiger partial charge in [-0.25, -0.2) is 0 Å². The highest BCUT2D eigenvalue weighted by Gasteiger charge is 2.33. The summed E-state index contributed by atoms with van der Waals surface area (Å²) in [5.74, 6) is 1.03. The fourth-order valence-corrected chi connectivity index (χ4v) is 2.49. The lowest BCUT2D eigenvalue weighted by atomic mass is 9.83. The lowest BCUT2D eigenvalue weighted by molar-refractivity contribution is -0.136. The number of ether oxygens (including phenoxy) is 2. The van der Waals surface area contributed by atoms with Crippen molar-refractivity contribution in [3.63, 3.8) is 0 Å². The lowest BCUT2D eigenvalue weighted by Crippen LogP contribution is -2.50. The van der Waals surface area contributed by atoms with E-state index in [4.69, 9.17) is 9.47 Å². The molecule has 1 heterocycles. The summed E-state index contributed by atoms with van der Waals surface area (Å²) in [5.41, 5.74) is 0.0163. The molecule has 0 radical (unpaired) electrons. The Morgan fingerprint density at radius 3 is 2.50 bits per heavy atom. The van der Waals surface area contributed by atoms with Crippen LogP contribution in [0.4, 0.5) is 0 Å². The van der Waals surface area contributed by atoms with Crippen LogP contribution in [-0.2, 0) is 15.0 Å². The Kier molecular flexibility index (Phi) is 5.36. The van der Waals surface area contributed by atoms with Gasteiger partial charge in [-0.1, -0.05) is 6.07 Å². The summed E-state index contributed by atoms with van der Waals surface area (Å²) in [6, 6.07) is 4.94. The zero-order valence-electron chi connectivity index (χ0n) is 15.0. The molecule has 1 aromatic rings. The van der Waals surface area contributed by atoms with E-state index in [1.54, 1.807) is 18.9 Å². The summed E-state index contributed by atoms with van der Waals surface area (Å²) < 4.78 is 11.1. The summed E-state index contributed by atoms with van der Waals surface area (Å²) >= 11 is 0. The van der Waals surface area contributed by atoms with Gasteiger partial charge in [0.15, 0.2) is 11.5 Å².